The molecule has 2 aromatic rings. The number of aryl methyl sites for hydroxylation is 1. The molecule has 140 valence electrons. The highest BCUT2D eigenvalue weighted by Gasteiger charge is 2.08. The largest absolute Gasteiger partial charge is 0.381 e. The van der Waals surface area contributed by atoms with Gasteiger partial charge in [0.25, 0.3) is 0 Å². The van der Waals surface area contributed by atoms with E-state index in [0.29, 0.717) is 26.3 Å². The van der Waals surface area contributed by atoms with Gasteiger partial charge in [0, 0.05) is 26.7 Å². The molecule has 4 nitrogen and oxygen atoms in total. The summed E-state index contributed by atoms with van der Waals surface area (Å²) in [5, 5.41) is 2.94. The second-order valence-corrected chi connectivity index (χ2v) is 6.46. The van der Waals surface area contributed by atoms with Gasteiger partial charge in [0.1, 0.15) is 0 Å². The van der Waals surface area contributed by atoms with Gasteiger partial charge in [0.15, 0.2) is 0 Å². The molecule has 2 rings (SSSR count). The number of nitrogens with zero attached hydrogens (tertiary/aromatic N) is 1. The quantitative estimate of drug-likeness (QED) is 0.654. The Hall–Kier alpha value is -2.33. The van der Waals surface area contributed by atoms with Crippen molar-refractivity contribution < 1.29 is 9.53 Å². The lowest BCUT2D eigenvalue weighted by molar-refractivity contribution is 0.134. The van der Waals surface area contributed by atoms with E-state index in [1.54, 1.807) is 4.90 Å². The average Bonchev–Trinajstić information content (AvgIpc) is 2.68. The summed E-state index contributed by atoms with van der Waals surface area (Å²) in [5.41, 5.74) is 3.74. The molecule has 0 heterocycles. The summed E-state index contributed by atoms with van der Waals surface area (Å²) >= 11 is 0. The maximum atomic E-state index is 12.1. The zero-order valence-electron chi connectivity index (χ0n) is 15.9. The van der Waals surface area contributed by atoms with Crippen LogP contribution in [0.25, 0.3) is 0 Å². The van der Waals surface area contributed by atoms with Crippen molar-refractivity contribution in [3.63, 3.8) is 0 Å². The van der Waals surface area contributed by atoms with Crippen LogP contribution < -0.4 is 5.32 Å². The first-order valence-corrected chi connectivity index (χ1v) is 9.37. The average molecular weight is 354 g/mol. The van der Waals surface area contributed by atoms with E-state index < -0.39 is 0 Å². The van der Waals surface area contributed by atoms with Crippen LogP contribution in [0.3, 0.4) is 0 Å². The Morgan fingerprint density at radius 2 is 1.65 bits per heavy atom. The van der Waals surface area contributed by atoms with E-state index in [1.165, 1.54) is 11.1 Å². The minimum absolute atomic E-state index is 0.0474. The maximum absolute atomic E-state index is 12.1. The number of nitrogens with one attached hydrogen (secondary N) is 1. The third-order valence-electron chi connectivity index (χ3n) is 4.32. The van der Waals surface area contributed by atoms with Crippen molar-refractivity contribution in [3.8, 4) is 0 Å². The highest BCUT2D eigenvalue weighted by Crippen LogP contribution is 2.07. The number of benzene rings is 2. The molecule has 0 fully saturated rings. The molecule has 0 atom stereocenters. The molecule has 1 N–H and O–H groups in total. The van der Waals surface area contributed by atoms with Crippen molar-refractivity contribution in [2.45, 2.75) is 32.7 Å². The number of carbonyl (C=O) groups excluding carboxylic acids is 1. The smallest absolute Gasteiger partial charge is 0.317 e. The summed E-state index contributed by atoms with van der Waals surface area (Å²) in [6, 6.07) is 18.7. The molecule has 0 bridgehead atoms. The minimum Gasteiger partial charge on any atom is -0.381 e. The standard InChI is InChI=1S/C22H30N2O2/c1-3-19-10-12-21(13-11-19)18-24(2)22(25)23-15-7-16-26-17-14-20-8-5-4-6-9-20/h4-6,8-13H,3,7,14-18H2,1-2H3,(H,23,25). The fourth-order valence-corrected chi connectivity index (χ4v) is 2.67. The van der Waals surface area contributed by atoms with Crippen LogP contribution in [-0.2, 0) is 24.1 Å². The van der Waals surface area contributed by atoms with E-state index in [9.17, 15) is 4.79 Å². The SMILES string of the molecule is CCc1ccc(CN(C)C(=O)NCCCOCCc2ccccc2)cc1. The lowest BCUT2D eigenvalue weighted by Crippen LogP contribution is -2.37. The van der Waals surface area contributed by atoms with Crippen LogP contribution in [0.2, 0.25) is 0 Å². The van der Waals surface area contributed by atoms with E-state index in [1.807, 2.05) is 25.2 Å². The lowest BCUT2D eigenvalue weighted by Gasteiger charge is -2.18. The van der Waals surface area contributed by atoms with Gasteiger partial charge >= 0.3 is 6.03 Å². The normalized spacial score (nSPS) is 10.5. The Morgan fingerprint density at radius 1 is 0.962 bits per heavy atom. The second kappa shape index (κ2) is 11.3. The monoisotopic (exact) mass is 354 g/mol. The Bertz CT molecular complexity index is 641. The Balaban J connectivity index is 1.54. The van der Waals surface area contributed by atoms with Crippen LogP contribution in [0.1, 0.15) is 30.0 Å². The number of hydrogen-bond acceptors (Lipinski definition) is 2. The number of carbonyl (C=O) groups is 1. The predicted octanol–water partition coefficient (Wildman–Crippen LogP) is 4.04. The minimum atomic E-state index is -0.0474. The molecular weight excluding hydrogens is 324 g/mol. The Labute approximate surface area is 157 Å². The third-order valence-corrected chi connectivity index (χ3v) is 4.32. The molecule has 0 saturated heterocycles. The number of urea groups is 1. The van der Waals surface area contributed by atoms with E-state index in [0.717, 1.165) is 24.8 Å². The van der Waals surface area contributed by atoms with E-state index in [4.69, 9.17) is 4.74 Å². The summed E-state index contributed by atoms with van der Waals surface area (Å²) in [7, 11) is 1.82. The number of ether oxygens (including phenoxy) is 1. The fourth-order valence-electron chi connectivity index (χ4n) is 2.67. The molecule has 0 saturated carbocycles. The van der Waals surface area contributed by atoms with Crippen molar-refractivity contribution in [2.24, 2.45) is 0 Å². The Morgan fingerprint density at radius 3 is 2.35 bits per heavy atom. The number of rotatable bonds is 10. The number of amides is 2. The van der Waals surface area contributed by atoms with Crippen LogP contribution >= 0.6 is 0 Å². The molecular formula is C22H30N2O2. The zero-order valence-corrected chi connectivity index (χ0v) is 15.9. The van der Waals surface area contributed by atoms with Gasteiger partial charge in [-0.25, -0.2) is 4.79 Å². The van der Waals surface area contributed by atoms with Gasteiger partial charge in [-0.05, 0) is 36.0 Å². The summed E-state index contributed by atoms with van der Waals surface area (Å²) in [6.07, 6.45) is 2.77. The maximum Gasteiger partial charge on any atom is 0.317 e. The van der Waals surface area contributed by atoms with Crippen LogP contribution in [0.5, 0.6) is 0 Å². The van der Waals surface area contributed by atoms with Gasteiger partial charge in [-0.2, -0.15) is 0 Å². The molecule has 0 spiro atoms. The van der Waals surface area contributed by atoms with E-state index >= 15 is 0 Å². The molecule has 0 radical (unpaired) electrons. The summed E-state index contributed by atoms with van der Waals surface area (Å²) in [4.78, 5) is 13.8. The van der Waals surface area contributed by atoms with Gasteiger partial charge in [-0.3, -0.25) is 0 Å². The van der Waals surface area contributed by atoms with Crippen LogP contribution in [-0.4, -0.2) is 37.7 Å². The molecule has 0 aliphatic carbocycles. The third kappa shape index (κ3) is 7.28. The lowest BCUT2D eigenvalue weighted by atomic mass is 10.1. The molecule has 2 amide bonds. The van der Waals surface area contributed by atoms with Gasteiger partial charge in [-0.15, -0.1) is 0 Å². The summed E-state index contributed by atoms with van der Waals surface area (Å²) in [6.45, 7) is 4.76. The molecule has 0 aromatic heterocycles. The van der Waals surface area contributed by atoms with Crippen molar-refractivity contribution >= 4 is 6.03 Å². The van der Waals surface area contributed by atoms with Gasteiger partial charge in [0.05, 0.1) is 6.61 Å². The first kappa shape index (κ1) is 20.0. The fraction of sp³-hybridized carbons (Fsp3) is 0.409. The van der Waals surface area contributed by atoms with Gasteiger partial charge in [-0.1, -0.05) is 61.5 Å². The van der Waals surface area contributed by atoms with E-state index in [2.05, 4.69) is 48.6 Å². The number of hydrogen-bond donors (Lipinski definition) is 1. The van der Waals surface area contributed by atoms with Crippen molar-refractivity contribution in [2.75, 3.05) is 26.8 Å². The first-order valence-electron chi connectivity index (χ1n) is 9.37. The summed E-state index contributed by atoms with van der Waals surface area (Å²) in [5.74, 6) is 0. The Kier molecular flexibility index (Phi) is 8.70. The molecule has 0 unspecified atom stereocenters. The molecule has 2 aromatic carbocycles. The van der Waals surface area contributed by atoms with Crippen LogP contribution in [0.15, 0.2) is 54.6 Å². The molecule has 0 aliphatic rings. The highest BCUT2D eigenvalue weighted by molar-refractivity contribution is 5.73. The zero-order chi connectivity index (χ0) is 18.6. The van der Waals surface area contributed by atoms with Crippen molar-refractivity contribution in [3.05, 3.63) is 71.3 Å². The van der Waals surface area contributed by atoms with Crippen LogP contribution in [0, 0.1) is 0 Å². The van der Waals surface area contributed by atoms with Crippen LogP contribution in [0.4, 0.5) is 4.79 Å². The van der Waals surface area contributed by atoms with E-state index in [-0.39, 0.29) is 6.03 Å². The van der Waals surface area contributed by atoms with Gasteiger partial charge < -0.3 is 15.0 Å². The topological polar surface area (TPSA) is 41.6 Å². The highest BCUT2D eigenvalue weighted by atomic mass is 16.5. The van der Waals surface area contributed by atoms with Crippen molar-refractivity contribution in [1.82, 2.24) is 10.2 Å². The molecule has 0 aliphatic heterocycles. The molecule has 26 heavy (non-hydrogen) atoms. The predicted molar refractivity (Wildman–Crippen MR) is 106 cm³/mol. The van der Waals surface area contributed by atoms with Gasteiger partial charge in [0.2, 0.25) is 0 Å². The first-order chi connectivity index (χ1) is 12.7. The molecule has 4 heteroatoms. The second-order valence-electron chi connectivity index (χ2n) is 6.46. The van der Waals surface area contributed by atoms with Crippen molar-refractivity contribution in [1.29, 1.82) is 0 Å². The summed E-state index contributed by atoms with van der Waals surface area (Å²) < 4.78 is 5.63.